The number of aromatic nitrogens is 1. The fourth-order valence-corrected chi connectivity index (χ4v) is 4.45. The zero-order valence-electron chi connectivity index (χ0n) is 11.8. The molecule has 0 aliphatic carbocycles. The lowest BCUT2D eigenvalue weighted by molar-refractivity contribution is 0.372. The van der Waals surface area contributed by atoms with E-state index in [1.807, 2.05) is 0 Å². The van der Waals surface area contributed by atoms with Gasteiger partial charge in [0.05, 0.1) is 5.52 Å². The van der Waals surface area contributed by atoms with Crippen molar-refractivity contribution in [2.45, 2.75) is 38.6 Å². The van der Waals surface area contributed by atoms with E-state index in [1.54, 1.807) is 11.1 Å². The molecule has 0 bridgehead atoms. The molecule has 1 aromatic carbocycles. The van der Waals surface area contributed by atoms with E-state index in [0.29, 0.717) is 0 Å². The molecule has 3 heterocycles. The topological polar surface area (TPSA) is 17.0 Å². The molecule has 2 aliphatic heterocycles. The van der Waals surface area contributed by atoms with Crippen LogP contribution in [0.2, 0.25) is 0 Å². The van der Waals surface area contributed by atoms with Crippen molar-refractivity contribution in [1.82, 2.24) is 9.88 Å². The second kappa shape index (κ2) is 5.19. The predicted octanol–water partition coefficient (Wildman–Crippen LogP) is 3.89. The Morgan fingerprint density at radius 2 is 2.10 bits per heavy atom. The molecule has 0 spiro atoms. The number of piperidine rings is 1. The van der Waals surface area contributed by atoms with Gasteiger partial charge in [0.1, 0.15) is 0 Å². The largest absolute Gasteiger partial charge is 0.346 e. The summed E-state index contributed by atoms with van der Waals surface area (Å²) in [5, 5.41) is 4.89. The van der Waals surface area contributed by atoms with Gasteiger partial charge in [-0.1, -0.05) is 6.07 Å². The van der Waals surface area contributed by atoms with Crippen LogP contribution in [0.25, 0.3) is 10.9 Å². The van der Waals surface area contributed by atoms with E-state index >= 15 is 0 Å². The van der Waals surface area contributed by atoms with Crippen molar-refractivity contribution in [3.8, 4) is 0 Å². The third kappa shape index (κ3) is 2.21. The van der Waals surface area contributed by atoms with Gasteiger partial charge in [-0.3, -0.25) is 0 Å². The Morgan fingerprint density at radius 1 is 1.25 bits per heavy atom. The highest BCUT2D eigenvalue weighted by molar-refractivity contribution is 9.10. The van der Waals surface area contributed by atoms with Gasteiger partial charge in [0, 0.05) is 22.6 Å². The normalized spacial score (nSPS) is 19.6. The summed E-state index contributed by atoms with van der Waals surface area (Å²) in [6.07, 6.45) is 8.70. The van der Waals surface area contributed by atoms with E-state index in [9.17, 15) is 0 Å². The van der Waals surface area contributed by atoms with Gasteiger partial charge >= 0.3 is 0 Å². The minimum Gasteiger partial charge on any atom is -0.346 e. The van der Waals surface area contributed by atoms with E-state index in [4.69, 9.17) is 0 Å². The van der Waals surface area contributed by atoms with Crippen molar-refractivity contribution < 1.29 is 0 Å². The highest BCUT2D eigenvalue weighted by atomic mass is 79.9. The molecule has 0 radical (unpaired) electrons. The maximum atomic E-state index is 3.75. The molecular formula is C17H21BrN2. The predicted molar refractivity (Wildman–Crippen MR) is 87.3 cm³/mol. The van der Waals surface area contributed by atoms with Gasteiger partial charge in [-0.15, -0.1) is 0 Å². The summed E-state index contributed by atoms with van der Waals surface area (Å²) in [7, 11) is 0. The third-order valence-corrected chi connectivity index (χ3v) is 5.52. The molecule has 0 amide bonds. The van der Waals surface area contributed by atoms with Gasteiger partial charge in [-0.25, -0.2) is 0 Å². The number of rotatable bonds is 2. The summed E-state index contributed by atoms with van der Waals surface area (Å²) in [5.41, 5.74) is 4.57. The Balaban J connectivity index is 1.72. The van der Waals surface area contributed by atoms with Gasteiger partial charge < -0.3 is 9.88 Å². The first-order chi connectivity index (χ1) is 9.81. The molecule has 1 fully saturated rings. The van der Waals surface area contributed by atoms with Crippen LogP contribution >= 0.6 is 15.9 Å². The number of hydrogen-bond donors (Lipinski definition) is 1. The van der Waals surface area contributed by atoms with E-state index in [2.05, 4.69) is 44.1 Å². The van der Waals surface area contributed by atoms with Gasteiger partial charge in [0.2, 0.25) is 0 Å². The molecule has 2 nitrogen and oxygen atoms in total. The zero-order chi connectivity index (χ0) is 13.5. The van der Waals surface area contributed by atoms with Crippen LogP contribution in [0.4, 0.5) is 0 Å². The Kier molecular flexibility index (Phi) is 3.35. The highest BCUT2D eigenvalue weighted by Gasteiger charge is 2.18. The van der Waals surface area contributed by atoms with Crippen LogP contribution in [0, 0.1) is 5.92 Å². The molecule has 1 aromatic heterocycles. The second-order valence-electron chi connectivity index (χ2n) is 6.32. The number of nitrogens with one attached hydrogen (secondary N) is 1. The third-order valence-electron chi connectivity index (χ3n) is 4.89. The van der Waals surface area contributed by atoms with Crippen molar-refractivity contribution in [2.24, 2.45) is 5.92 Å². The van der Waals surface area contributed by atoms with Crippen molar-refractivity contribution in [2.75, 3.05) is 13.1 Å². The first-order valence-electron chi connectivity index (χ1n) is 7.82. The van der Waals surface area contributed by atoms with E-state index in [-0.39, 0.29) is 0 Å². The number of hydrogen-bond acceptors (Lipinski definition) is 1. The number of halogens is 1. The summed E-state index contributed by atoms with van der Waals surface area (Å²) >= 11 is 3.75. The molecule has 0 saturated carbocycles. The Morgan fingerprint density at radius 3 is 2.95 bits per heavy atom. The first kappa shape index (κ1) is 12.9. The smallest absolute Gasteiger partial charge is 0.0524 e. The monoisotopic (exact) mass is 332 g/mol. The zero-order valence-corrected chi connectivity index (χ0v) is 13.4. The lowest BCUT2D eigenvalue weighted by Crippen LogP contribution is -2.28. The van der Waals surface area contributed by atoms with Crippen molar-refractivity contribution >= 4 is 26.8 Å². The van der Waals surface area contributed by atoms with Gasteiger partial charge in [0.15, 0.2) is 0 Å². The molecule has 1 N–H and O–H groups in total. The molecule has 0 unspecified atom stereocenters. The van der Waals surface area contributed by atoms with E-state index in [1.165, 1.54) is 67.1 Å². The summed E-state index contributed by atoms with van der Waals surface area (Å²) in [6, 6.07) is 4.90. The average molecular weight is 333 g/mol. The van der Waals surface area contributed by atoms with Crippen LogP contribution in [0.1, 0.15) is 30.4 Å². The van der Waals surface area contributed by atoms with Crippen LogP contribution in [0.15, 0.2) is 22.8 Å². The molecule has 1 saturated heterocycles. The molecule has 2 aromatic rings. The highest BCUT2D eigenvalue weighted by Crippen LogP contribution is 2.34. The molecule has 4 rings (SSSR count). The van der Waals surface area contributed by atoms with Crippen LogP contribution in [0.5, 0.6) is 0 Å². The fourth-order valence-electron chi connectivity index (χ4n) is 3.90. The molecule has 2 aliphatic rings. The van der Waals surface area contributed by atoms with Gasteiger partial charge in [-0.2, -0.15) is 0 Å². The average Bonchev–Trinajstić information content (AvgIpc) is 2.78. The second-order valence-corrected chi connectivity index (χ2v) is 7.18. The quantitative estimate of drug-likeness (QED) is 0.882. The molecular weight excluding hydrogens is 312 g/mol. The van der Waals surface area contributed by atoms with Crippen LogP contribution in [-0.2, 0) is 19.4 Å². The first-order valence-corrected chi connectivity index (χ1v) is 8.61. The Hall–Kier alpha value is -0.800. The fraction of sp³-hybridized carbons (Fsp3) is 0.529. The van der Waals surface area contributed by atoms with Crippen molar-refractivity contribution in [3.63, 3.8) is 0 Å². The molecule has 20 heavy (non-hydrogen) atoms. The maximum absolute atomic E-state index is 3.75. The Labute approximate surface area is 128 Å². The van der Waals surface area contributed by atoms with Crippen LogP contribution in [0.3, 0.4) is 0 Å². The van der Waals surface area contributed by atoms with Crippen LogP contribution < -0.4 is 5.32 Å². The van der Waals surface area contributed by atoms with Crippen LogP contribution in [-0.4, -0.2) is 17.7 Å². The number of aryl methyl sites for hydroxylation is 2. The Bertz CT molecular complexity index is 638. The number of nitrogens with zero attached hydrogens (tertiary/aromatic N) is 1. The van der Waals surface area contributed by atoms with E-state index in [0.717, 1.165) is 5.92 Å². The maximum Gasteiger partial charge on any atom is 0.0524 e. The number of benzene rings is 1. The minimum atomic E-state index is 0.866. The summed E-state index contributed by atoms with van der Waals surface area (Å²) in [4.78, 5) is 0. The van der Waals surface area contributed by atoms with E-state index < -0.39 is 0 Å². The minimum absolute atomic E-state index is 0.866. The SMILES string of the molecule is Brc1cn2c3c(cc(CC4CCNCC4)cc13)CCC2. The summed E-state index contributed by atoms with van der Waals surface area (Å²) in [5.74, 6) is 0.866. The summed E-state index contributed by atoms with van der Waals surface area (Å²) < 4.78 is 3.69. The lowest BCUT2D eigenvalue weighted by Gasteiger charge is -2.23. The standard InChI is InChI=1S/C17H21BrN2/c18-16-11-20-7-1-2-14-9-13(10-15(16)17(14)20)8-12-3-5-19-6-4-12/h9-12,19H,1-8H2. The van der Waals surface area contributed by atoms with Gasteiger partial charge in [-0.05, 0) is 84.2 Å². The lowest BCUT2D eigenvalue weighted by atomic mass is 9.89. The van der Waals surface area contributed by atoms with Crippen molar-refractivity contribution in [3.05, 3.63) is 33.9 Å². The molecule has 0 atom stereocenters. The molecule has 3 heteroatoms. The molecule has 106 valence electrons. The van der Waals surface area contributed by atoms with Crippen molar-refractivity contribution in [1.29, 1.82) is 0 Å². The summed E-state index contributed by atoms with van der Waals surface area (Å²) in [6.45, 7) is 3.56. The van der Waals surface area contributed by atoms with Gasteiger partial charge in [0.25, 0.3) is 0 Å².